The van der Waals surface area contributed by atoms with Crippen molar-refractivity contribution in [1.29, 1.82) is 0 Å². The van der Waals surface area contributed by atoms with Gasteiger partial charge in [-0.05, 0) is 36.2 Å². The second kappa shape index (κ2) is 8.31. The van der Waals surface area contributed by atoms with Crippen LogP contribution in [0.5, 0.6) is 0 Å². The number of rotatable bonds is 6. The Morgan fingerprint density at radius 2 is 1.57 bits per heavy atom. The van der Waals surface area contributed by atoms with Crippen LogP contribution in [0, 0.1) is 0 Å². The Labute approximate surface area is 163 Å². The smallest absolute Gasteiger partial charge is 0.258 e. The summed E-state index contributed by atoms with van der Waals surface area (Å²) in [6.45, 7) is 2.13. The number of benzene rings is 3. The average molecular weight is 368 g/mol. The molecule has 5 nitrogen and oxygen atoms in total. The van der Waals surface area contributed by atoms with Gasteiger partial charge >= 0.3 is 0 Å². The Kier molecular flexibility index (Phi) is 5.24. The van der Waals surface area contributed by atoms with Crippen LogP contribution in [0.15, 0.2) is 94.6 Å². The number of anilines is 1. The monoisotopic (exact) mass is 368 g/mol. The van der Waals surface area contributed by atoms with Crippen molar-refractivity contribution in [3.8, 4) is 11.5 Å². The number of aryl methyl sites for hydroxylation is 1. The molecule has 4 aromatic rings. The Morgan fingerprint density at radius 1 is 0.893 bits per heavy atom. The van der Waals surface area contributed by atoms with E-state index in [0.717, 1.165) is 23.2 Å². The topological polar surface area (TPSA) is 63.3 Å². The molecule has 0 aliphatic rings. The van der Waals surface area contributed by atoms with Crippen molar-refractivity contribution >= 4 is 11.4 Å². The summed E-state index contributed by atoms with van der Waals surface area (Å²) in [6, 6.07) is 27.7. The highest BCUT2D eigenvalue weighted by Gasteiger charge is 2.16. The third kappa shape index (κ3) is 3.99. The molecule has 1 N–H and O–H groups in total. The first-order valence-corrected chi connectivity index (χ1v) is 9.21. The fraction of sp³-hybridized carbons (Fsp3) is 0.0870. The lowest BCUT2D eigenvalue weighted by Gasteiger charge is -2.05. The highest BCUT2D eigenvalue weighted by molar-refractivity contribution is 6.10. The zero-order valence-corrected chi connectivity index (χ0v) is 15.5. The molecule has 0 fully saturated rings. The highest BCUT2D eigenvalue weighted by Crippen LogP contribution is 2.18. The van der Waals surface area contributed by atoms with Gasteiger partial charge < -0.3 is 4.52 Å². The number of aromatic nitrogens is 2. The van der Waals surface area contributed by atoms with Gasteiger partial charge in [0.15, 0.2) is 0 Å². The molecule has 28 heavy (non-hydrogen) atoms. The second-order valence-corrected chi connectivity index (χ2v) is 6.28. The molecule has 0 saturated carbocycles. The van der Waals surface area contributed by atoms with Gasteiger partial charge in [0.2, 0.25) is 5.82 Å². The van der Waals surface area contributed by atoms with Gasteiger partial charge in [-0.1, -0.05) is 72.7 Å². The number of hydrazone groups is 1. The van der Waals surface area contributed by atoms with Crippen molar-refractivity contribution in [3.63, 3.8) is 0 Å². The Hall–Kier alpha value is -3.73. The molecule has 0 spiro atoms. The van der Waals surface area contributed by atoms with Crippen LogP contribution in [0.4, 0.5) is 5.69 Å². The third-order valence-corrected chi connectivity index (χ3v) is 4.36. The number of nitrogens with one attached hydrogen (secondary N) is 1. The number of hydrogen-bond donors (Lipinski definition) is 1. The molecular formula is C23H20N4O. The van der Waals surface area contributed by atoms with E-state index in [1.54, 1.807) is 0 Å². The zero-order valence-electron chi connectivity index (χ0n) is 15.5. The van der Waals surface area contributed by atoms with E-state index < -0.39 is 0 Å². The Bertz CT molecular complexity index is 1050. The van der Waals surface area contributed by atoms with E-state index in [1.165, 1.54) is 5.56 Å². The molecule has 0 bridgehead atoms. The molecule has 0 unspecified atom stereocenters. The van der Waals surface area contributed by atoms with Crippen molar-refractivity contribution in [3.05, 3.63) is 102 Å². The molecule has 0 amide bonds. The van der Waals surface area contributed by atoms with Crippen LogP contribution < -0.4 is 5.43 Å². The first-order valence-electron chi connectivity index (χ1n) is 9.21. The maximum absolute atomic E-state index is 5.47. The van der Waals surface area contributed by atoms with Crippen molar-refractivity contribution in [2.75, 3.05) is 5.43 Å². The van der Waals surface area contributed by atoms with Gasteiger partial charge in [-0.3, -0.25) is 5.43 Å². The molecule has 1 heterocycles. The fourth-order valence-electron chi connectivity index (χ4n) is 2.79. The molecule has 0 aliphatic carbocycles. The molecular weight excluding hydrogens is 348 g/mol. The van der Waals surface area contributed by atoms with E-state index in [2.05, 4.69) is 39.7 Å². The Balaban J connectivity index is 1.67. The minimum Gasteiger partial charge on any atom is -0.334 e. The first-order chi connectivity index (χ1) is 13.8. The largest absolute Gasteiger partial charge is 0.334 e. The van der Waals surface area contributed by atoms with Crippen molar-refractivity contribution < 1.29 is 4.52 Å². The summed E-state index contributed by atoms with van der Waals surface area (Å²) in [4.78, 5) is 4.55. The number of hydrogen-bond acceptors (Lipinski definition) is 5. The third-order valence-electron chi connectivity index (χ3n) is 4.36. The standard InChI is InChI=1S/C23H20N4O/c1-2-17-13-15-20(16-14-17)25-26-21(18-9-5-3-6-10-18)22-24-23(28-27-22)19-11-7-4-8-12-19/h3-16,25H,2H2,1H3/b26-21+. The van der Waals surface area contributed by atoms with E-state index in [9.17, 15) is 0 Å². The summed E-state index contributed by atoms with van der Waals surface area (Å²) in [7, 11) is 0. The predicted molar refractivity (Wildman–Crippen MR) is 111 cm³/mol. The lowest BCUT2D eigenvalue weighted by atomic mass is 10.1. The summed E-state index contributed by atoms with van der Waals surface area (Å²) >= 11 is 0. The molecule has 0 radical (unpaired) electrons. The van der Waals surface area contributed by atoms with E-state index in [1.807, 2.05) is 72.8 Å². The first kappa shape index (κ1) is 17.7. The quantitative estimate of drug-likeness (QED) is 0.377. The van der Waals surface area contributed by atoms with Gasteiger partial charge in [0.1, 0.15) is 5.71 Å². The average Bonchev–Trinajstić information content (AvgIpc) is 3.26. The van der Waals surface area contributed by atoms with Crippen LogP contribution in [0.3, 0.4) is 0 Å². The maximum Gasteiger partial charge on any atom is 0.258 e. The summed E-state index contributed by atoms with van der Waals surface area (Å²) < 4.78 is 5.47. The molecule has 4 rings (SSSR count). The molecule has 3 aromatic carbocycles. The van der Waals surface area contributed by atoms with E-state index in [4.69, 9.17) is 4.52 Å². The summed E-state index contributed by atoms with van der Waals surface area (Å²) in [6.07, 6.45) is 1.00. The van der Waals surface area contributed by atoms with Crippen molar-refractivity contribution in [2.45, 2.75) is 13.3 Å². The zero-order chi connectivity index (χ0) is 19.2. The van der Waals surface area contributed by atoms with Gasteiger partial charge in [-0.25, -0.2) is 0 Å². The summed E-state index contributed by atoms with van der Waals surface area (Å²) in [5.74, 6) is 0.897. The van der Waals surface area contributed by atoms with Crippen LogP contribution in [0.2, 0.25) is 0 Å². The molecule has 0 aliphatic heterocycles. The predicted octanol–water partition coefficient (Wildman–Crippen LogP) is 5.16. The summed E-state index contributed by atoms with van der Waals surface area (Å²) in [5, 5.41) is 8.73. The SMILES string of the molecule is CCc1ccc(N/N=C(\c2ccccc2)c2noc(-c3ccccc3)n2)cc1. The van der Waals surface area contributed by atoms with Crippen molar-refractivity contribution in [1.82, 2.24) is 10.1 Å². The highest BCUT2D eigenvalue weighted by atomic mass is 16.5. The molecule has 138 valence electrons. The van der Waals surface area contributed by atoms with Crippen LogP contribution >= 0.6 is 0 Å². The maximum atomic E-state index is 5.47. The van der Waals surface area contributed by atoms with Gasteiger partial charge in [0, 0.05) is 11.1 Å². The van der Waals surface area contributed by atoms with E-state index >= 15 is 0 Å². The van der Waals surface area contributed by atoms with E-state index in [-0.39, 0.29) is 0 Å². The minimum absolute atomic E-state index is 0.433. The Morgan fingerprint density at radius 3 is 2.25 bits per heavy atom. The van der Waals surface area contributed by atoms with Crippen LogP contribution in [-0.2, 0) is 6.42 Å². The normalized spacial score (nSPS) is 11.4. The molecule has 0 saturated heterocycles. The number of nitrogens with zero attached hydrogens (tertiary/aromatic N) is 3. The lowest BCUT2D eigenvalue weighted by Crippen LogP contribution is -2.08. The van der Waals surface area contributed by atoms with Crippen molar-refractivity contribution in [2.24, 2.45) is 5.10 Å². The lowest BCUT2D eigenvalue weighted by molar-refractivity contribution is 0.429. The molecule has 0 atom stereocenters. The van der Waals surface area contributed by atoms with Gasteiger partial charge in [-0.15, -0.1) is 0 Å². The fourth-order valence-corrected chi connectivity index (χ4v) is 2.79. The van der Waals surface area contributed by atoms with Crippen LogP contribution in [0.25, 0.3) is 11.5 Å². The second-order valence-electron chi connectivity index (χ2n) is 6.28. The molecule has 1 aromatic heterocycles. The van der Waals surface area contributed by atoms with Gasteiger partial charge in [0.25, 0.3) is 5.89 Å². The summed E-state index contributed by atoms with van der Waals surface area (Å²) in [5.41, 5.74) is 7.68. The van der Waals surface area contributed by atoms with E-state index in [0.29, 0.717) is 17.4 Å². The molecule has 5 heteroatoms. The van der Waals surface area contributed by atoms with Crippen LogP contribution in [0.1, 0.15) is 23.9 Å². The van der Waals surface area contributed by atoms with Gasteiger partial charge in [0.05, 0.1) is 5.69 Å². The van der Waals surface area contributed by atoms with Crippen LogP contribution in [-0.4, -0.2) is 15.9 Å². The minimum atomic E-state index is 0.433. The van der Waals surface area contributed by atoms with Gasteiger partial charge in [-0.2, -0.15) is 10.1 Å².